The van der Waals surface area contributed by atoms with E-state index in [4.69, 9.17) is 5.73 Å². The van der Waals surface area contributed by atoms with Crippen LogP contribution in [0.25, 0.3) is 0 Å². The summed E-state index contributed by atoms with van der Waals surface area (Å²) in [5, 5.41) is 0.268. The fourth-order valence-corrected chi connectivity index (χ4v) is 3.23. The van der Waals surface area contributed by atoms with Crippen molar-refractivity contribution < 1.29 is 4.79 Å². The molecule has 0 spiro atoms. The van der Waals surface area contributed by atoms with Gasteiger partial charge in [-0.1, -0.05) is 48.2 Å². The molecule has 3 rings (SSSR count). The summed E-state index contributed by atoms with van der Waals surface area (Å²) < 4.78 is 1.96. The van der Waals surface area contributed by atoms with Gasteiger partial charge in [-0.2, -0.15) is 0 Å². The van der Waals surface area contributed by atoms with E-state index in [-0.39, 0.29) is 5.91 Å². The SMILES string of the molecule is NC(=O)C(Sc1nccn1Cc1ccccn1)c1ccccc1. The highest BCUT2D eigenvalue weighted by Gasteiger charge is 2.21. The minimum absolute atomic E-state index is 0.381. The number of nitrogens with zero attached hydrogens (tertiary/aromatic N) is 3. The fourth-order valence-electron chi connectivity index (χ4n) is 2.22. The van der Waals surface area contributed by atoms with E-state index in [1.807, 2.05) is 59.3 Å². The van der Waals surface area contributed by atoms with Crippen molar-refractivity contribution >= 4 is 17.7 Å². The number of nitrogens with two attached hydrogens (primary N) is 1. The van der Waals surface area contributed by atoms with Crippen molar-refractivity contribution in [3.05, 3.63) is 78.4 Å². The average molecular weight is 324 g/mol. The Balaban J connectivity index is 1.82. The number of pyridine rings is 1. The number of primary amides is 1. The smallest absolute Gasteiger partial charge is 0.235 e. The fraction of sp³-hybridized carbons (Fsp3) is 0.118. The van der Waals surface area contributed by atoms with E-state index in [1.165, 1.54) is 11.8 Å². The third-order valence-corrected chi connectivity index (χ3v) is 4.61. The van der Waals surface area contributed by atoms with Gasteiger partial charge in [-0.25, -0.2) is 4.98 Å². The molecule has 23 heavy (non-hydrogen) atoms. The Kier molecular flexibility index (Phi) is 4.73. The predicted octanol–water partition coefficient (Wildman–Crippen LogP) is 2.65. The van der Waals surface area contributed by atoms with Gasteiger partial charge >= 0.3 is 0 Å². The van der Waals surface area contributed by atoms with Crippen molar-refractivity contribution in [2.75, 3.05) is 0 Å². The normalized spacial score (nSPS) is 12.0. The number of imidazole rings is 1. The van der Waals surface area contributed by atoms with Gasteiger partial charge in [0.05, 0.1) is 12.2 Å². The lowest BCUT2D eigenvalue weighted by Crippen LogP contribution is -2.19. The molecule has 1 amide bonds. The maximum atomic E-state index is 11.8. The zero-order valence-electron chi connectivity index (χ0n) is 12.4. The highest BCUT2D eigenvalue weighted by atomic mass is 32.2. The van der Waals surface area contributed by atoms with Crippen LogP contribution in [0.3, 0.4) is 0 Å². The van der Waals surface area contributed by atoms with E-state index in [2.05, 4.69) is 9.97 Å². The third kappa shape index (κ3) is 3.78. The second-order valence-electron chi connectivity index (χ2n) is 4.97. The zero-order valence-corrected chi connectivity index (χ0v) is 13.2. The molecule has 1 atom stereocenters. The van der Waals surface area contributed by atoms with Crippen molar-refractivity contribution in [2.24, 2.45) is 5.73 Å². The Hall–Kier alpha value is -2.60. The van der Waals surface area contributed by atoms with Crippen LogP contribution in [-0.4, -0.2) is 20.4 Å². The average Bonchev–Trinajstić information content (AvgIpc) is 3.01. The van der Waals surface area contributed by atoms with E-state index in [0.717, 1.165) is 16.4 Å². The maximum Gasteiger partial charge on any atom is 0.235 e. The number of thioether (sulfide) groups is 1. The molecular formula is C17H16N4OS. The first-order valence-corrected chi connectivity index (χ1v) is 8.04. The Morgan fingerprint density at radius 1 is 1.09 bits per heavy atom. The molecule has 5 nitrogen and oxygen atoms in total. The number of aromatic nitrogens is 3. The van der Waals surface area contributed by atoms with Gasteiger partial charge in [0.25, 0.3) is 0 Å². The first-order valence-electron chi connectivity index (χ1n) is 7.16. The molecule has 0 aliphatic rings. The summed E-state index contributed by atoms with van der Waals surface area (Å²) in [5.41, 5.74) is 7.38. The summed E-state index contributed by atoms with van der Waals surface area (Å²) in [6, 6.07) is 15.3. The van der Waals surface area contributed by atoms with E-state index in [1.54, 1.807) is 12.4 Å². The Bertz CT molecular complexity index is 774. The van der Waals surface area contributed by atoms with Crippen molar-refractivity contribution in [3.63, 3.8) is 0 Å². The van der Waals surface area contributed by atoms with Gasteiger partial charge in [0.2, 0.25) is 5.91 Å². The quantitative estimate of drug-likeness (QED) is 0.707. The monoisotopic (exact) mass is 324 g/mol. The highest BCUT2D eigenvalue weighted by molar-refractivity contribution is 8.00. The zero-order chi connectivity index (χ0) is 16.1. The van der Waals surface area contributed by atoms with E-state index >= 15 is 0 Å². The molecule has 0 saturated carbocycles. The van der Waals surface area contributed by atoms with Crippen molar-refractivity contribution in [1.29, 1.82) is 0 Å². The van der Waals surface area contributed by atoms with Gasteiger partial charge in [-0.05, 0) is 17.7 Å². The molecule has 0 radical (unpaired) electrons. The molecule has 116 valence electrons. The number of rotatable bonds is 6. The van der Waals surface area contributed by atoms with Crippen LogP contribution < -0.4 is 5.73 Å². The molecule has 0 aliphatic carbocycles. The molecule has 0 aliphatic heterocycles. The number of carbonyl (C=O) groups excluding carboxylic acids is 1. The topological polar surface area (TPSA) is 73.8 Å². The molecular weight excluding hydrogens is 308 g/mol. The van der Waals surface area contributed by atoms with Crippen LogP contribution in [0.15, 0.2) is 72.3 Å². The van der Waals surface area contributed by atoms with E-state index in [9.17, 15) is 4.79 Å². The molecule has 1 unspecified atom stereocenters. The van der Waals surface area contributed by atoms with Crippen LogP contribution in [-0.2, 0) is 11.3 Å². The summed E-state index contributed by atoms with van der Waals surface area (Å²) in [6.07, 6.45) is 5.35. The highest BCUT2D eigenvalue weighted by Crippen LogP contribution is 2.34. The summed E-state index contributed by atoms with van der Waals surface area (Å²) in [5.74, 6) is -0.381. The molecule has 2 N–H and O–H groups in total. The van der Waals surface area contributed by atoms with Gasteiger partial charge in [0.15, 0.2) is 5.16 Å². The molecule has 1 aromatic carbocycles. The molecule has 0 fully saturated rings. The maximum absolute atomic E-state index is 11.8. The number of carbonyl (C=O) groups is 1. The van der Waals surface area contributed by atoms with Crippen molar-refractivity contribution in [2.45, 2.75) is 17.0 Å². The predicted molar refractivity (Wildman–Crippen MR) is 89.8 cm³/mol. The number of hydrogen-bond acceptors (Lipinski definition) is 4. The van der Waals surface area contributed by atoms with Crippen LogP contribution in [0, 0.1) is 0 Å². The van der Waals surface area contributed by atoms with Crippen LogP contribution in [0.5, 0.6) is 0 Å². The molecule has 6 heteroatoms. The summed E-state index contributed by atoms with van der Waals surface area (Å²) in [7, 11) is 0. The molecule has 3 aromatic rings. The Morgan fingerprint density at radius 2 is 1.87 bits per heavy atom. The van der Waals surface area contributed by atoms with Crippen LogP contribution >= 0.6 is 11.8 Å². The Morgan fingerprint density at radius 3 is 2.57 bits per heavy atom. The van der Waals surface area contributed by atoms with Gasteiger partial charge < -0.3 is 10.3 Å². The van der Waals surface area contributed by atoms with Gasteiger partial charge in [-0.3, -0.25) is 9.78 Å². The van der Waals surface area contributed by atoms with Crippen LogP contribution in [0.1, 0.15) is 16.5 Å². The number of hydrogen-bond donors (Lipinski definition) is 1. The van der Waals surface area contributed by atoms with Crippen LogP contribution in [0.4, 0.5) is 0 Å². The minimum Gasteiger partial charge on any atom is -0.368 e. The standard InChI is InChI=1S/C17H16N4OS/c18-16(22)15(13-6-2-1-3-7-13)23-17-20-10-11-21(17)12-14-8-4-5-9-19-14/h1-11,15H,12H2,(H2,18,22). The van der Waals surface area contributed by atoms with Gasteiger partial charge in [-0.15, -0.1) is 0 Å². The summed E-state index contributed by atoms with van der Waals surface area (Å²) in [4.78, 5) is 20.5. The lowest BCUT2D eigenvalue weighted by molar-refractivity contribution is -0.117. The lowest BCUT2D eigenvalue weighted by atomic mass is 10.1. The van der Waals surface area contributed by atoms with Crippen molar-refractivity contribution in [3.8, 4) is 0 Å². The third-order valence-electron chi connectivity index (χ3n) is 3.32. The second-order valence-corrected chi connectivity index (χ2v) is 6.04. The molecule has 2 aromatic heterocycles. The number of amides is 1. The minimum atomic E-state index is -0.471. The van der Waals surface area contributed by atoms with Crippen LogP contribution in [0.2, 0.25) is 0 Å². The summed E-state index contributed by atoms with van der Waals surface area (Å²) >= 11 is 1.35. The first-order chi connectivity index (χ1) is 11.2. The van der Waals surface area contributed by atoms with Crippen molar-refractivity contribution in [1.82, 2.24) is 14.5 Å². The largest absolute Gasteiger partial charge is 0.368 e. The molecule has 2 heterocycles. The molecule has 0 saturated heterocycles. The first kappa shape index (κ1) is 15.3. The van der Waals surface area contributed by atoms with Gasteiger partial charge in [0, 0.05) is 18.6 Å². The lowest BCUT2D eigenvalue weighted by Gasteiger charge is -2.14. The Labute approximate surface area is 138 Å². The second kappa shape index (κ2) is 7.11. The van der Waals surface area contributed by atoms with E-state index < -0.39 is 5.25 Å². The summed E-state index contributed by atoms with van der Waals surface area (Å²) in [6.45, 7) is 0.601. The molecule has 0 bridgehead atoms. The number of benzene rings is 1. The van der Waals surface area contributed by atoms with E-state index in [0.29, 0.717) is 6.54 Å². The van der Waals surface area contributed by atoms with Gasteiger partial charge in [0.1, 0.15) is 5.25 Å².